The van der Waals surface area contributed by atoms with Crippen LogP contribution in [0.1, 0.15) is 34.6 Å². The van der Waals surface area contributed by atoms with Gasteiger partial charge in [0.25, 0.3) is 0 Å². The third kappa shape index (κ3) is 5.56. The summed E-state index contributed by atoms with van der Waals surface area (Å²) in [6, 6.07) is 0. The highest BCUT2D eigenvalue weighted by atomic mass is 16.6. The maximum Gasteiger partial charge on any atom is 0.410 e. The van der Waals surface area contributed by atoms with E-state index in [1.807, 2.05) is 20.8 Å². The van der Waals surface area contributed by atoms with E-state index in [9.17, 15) is 9.59 Å². The van der Waals surface area contributed by atoms with E-state index < -0.39 is 17.1 Å². The summed E-state index contributed by atoms with van der Waals surface area (Å²) in [5.41, 5.74) is -1.16. The number of carbonyl (C=O) groups is 2. The highest BCUT2D eigenvalue weighted by Crippen LogP contribution is 2.18. The van der Waals surface area contributed by atoms with Crippen molar-refractivity contribution < 1.29 is 14.3 Å². The molecule has 0 fully saturated rings. The lowest BCUT2D eigenvalue weighted by Crippen LogP contribution is -2.45. The SMILES string of the molecule is CNC(=O)C(C)(C)CN(C)C(=O)OC(C)(C)C. The van der Waals surface area contributed by atoms with Gasteiger partial charge in [-0.1, -0.05) is 0 Å². The molecule has 0 bridgehead atoms. The van der Waals surface area contributed by atoms with Crippen molar-refractivity contribution in [2.24, 2.45) is 5.41 Å². The molecule has 1 N–H and O–H groups in total. The minimum absolute atomic E-state index is 0.104. The third-order valence-electron chi connectivity index (χ3n) is 2.18. The van der Waals surface area contributed by atoms with Gasteiger partial charge >= 0.3 is 6.09 Å². The number of hydrogen-bond acceptors (Lipinski definition) is 3. The van der Waals surface area contributed by atoms with E-state index >= 15 is 0 Å². The van der Waals surface area contributed by atoms with E-state index in [2.05, 4.69) is 5.32 Å². The monoisotopic (exact) mass is 244 g/mol. The van der Waals surface area contributed by atoms with Crippen molar-refractivity contribution in [3.8, 4) is 0 Å². The average Bonchev–Trinajstić information content (AvgIpc) is 2.12. The Balaban J connectivity index is 4.49. The third-order valence-corrected chi connectivity index (χ3v) is 2.18. The summed E-state index contributed by atoms with van der Waals surface area (Å²) in [6.45, 7) is 9.30. The van der Waals surface area contributed by atoms with Crippen LogP contribution in [0.15, 0.2) is 0 Å². The summed E-state index contributed by atoms with van der Waals surface area (Å²) >= 11 is 0. The Hall–Kier alpha value is -1.26. The largest absolute Gasteiger partial charge is 0.444 e. The van der Waals surface area contributed by atoms with Crippen molar-refractivity contribution in [2.75, 3.05) is 20.6 Å². The Bertz CT molecular complexity index is 293. The number of carbonyl (C=O) groups excluding carboxylic acids is 2. The van der Waals surface area contributed by atoms with Crippen LogP contribution in [0.25, 0.3) is 0 Å². The average molecular weight is 244 g/mol. The van der Waals surface area contributed by atoms with Crippen molar-refractivity contribution in [3.05, 3.63) is 0 Å². The van der Waals surface area contributed by atoms with E-state index in [4.69, 9.17) is 4.74 Å². The quantitative estimate of drug-likeness (QED) is 0.820. The van der Waals surface area contributed by atoms with Gasteiger partial charge < -0.3 is 15.0 Å². The van der Waals surface area contributed by atoms with Crippen LogP contribution in [0.2, 0.25) is 0 Å². The molecule has 0 atom stereocenters. The molecule has 5 nitrogen and oxygen atoms in total. The molecule has 0 aliphatic heterocycles. The predicted octanol–water partition coefficient (Wildman–Crippen LogP) is 1.63. The smallest absolute Gasteiger partial charge is 0.410 e. The molecular weight excluding hydrogens is 220 g/mol. The van der Waals surface area contributed by atoms with Crippen molar-refractivity contribution >= 4 is 12.0 Å². The molecule has 0 aliphatic rings. The Morgan fingerprint density at radius 3 is 2.00 bits per heavy atom. The molecule has 0 aliphatic carbocycles. The van der Waals surface area contributed by atoms with Crippen molar-refractivity contribution in [1.82, 2.24) is 10.2 Å². The summed E-state index contributed by atoms with van der Waals surface area (Å²) in [4.78, 5) is 24.7. The van der Waals surface area contributed by atoms with Crippen LogP contribution in [0.3, 0.4) is 0 Å². The normalized spacial score (nSPS) is 11.9. The van der Waals surface area contributed by atoms with Gasteiger partial charge in [-0.25, -0.2) is 4.79 Å². The van der Waals surface area contributed by atoms with Crippen molar-refractivity contribution in [1.29, 1.82) is 0 Å². The van der Waals surface area contributed by atoms with Crippen LogP contribution in [-0.4, -0.2) is 43.1 Å². The number of hydrogen-bond donors (Lipinski definition) is 1. The molecule has 100 valence electrons. The second kappa shape index (κ2) is 5.38. The molecule has 0 aromatic heterocycles. The van der Waals surface area contributed by atoms with Gasteiger partial charge in [-0.05, 0) is 34.6 Å². The van der Waals surface area contributed by atoms with Crippen LogP contribution < -0.4 is 5.32 Å². The second-order valence-corrected chi connectivity index (χ2v) is 5.80. The Kier molecular flexibility index (Phi) is 4.98. The van der Waals surface area contributed by atoms with Crippen LogP contribution in [0.5, 0.6) is 0 Å². The second-order valence-electron chi connectivity index (χ2n) is 5.80. The first-order chi connectivity index (χ1) is 7.49. The van der Waals surface area contributed by atoms with E-state index in [1.54, 1.807) is 27.9 Å². The first-order valence-electron chi connectivity index (χ1n) is 5.66. The minimum Gasteiger partial charge on any atom is -0.444 e. The molecule has 0 radical (unpaired) electrons. The van der Waals surface area contributed by atoms with Crippen molar-refractivity contribution in [2.45, 2.75) is 40.2 Å². The predicted molar refractivity (Wildman–Crippen MR) is 66.7 cm³/mol. The number of nitrogens with zero attached hydrogens (tertiary/aromatic N) is 1. The van der Waals surface area contributed by atoms with Gasteiger partial charge in [-0.15, -0.1) is 0 Å². The number of amides is 2. The molecule has 5 heteroatoms. The number of ether oxygens (including phenoxy) is 1. The molecule has 0 saturated heterocycles. The highest BCUT2D eigenvalue weighted by Gasteiger charge is 2.31. The fourth-order valence-electron chi connectivity index (χ4n) is 1.41. The van der Waals surface area contributed by atoms with Gasteiger partial charge in [0, 0.05) is 20.6 Å². The standard InChI is InChI=1S/C12H24N2O3/c1-11(2,3)17-10(16)14(7)8-12(4,5)9(15)13-6/h8H2,1-7H3,(H,13,15). The Morgan fingerprint density at radius 2 is 1.65 bits per heavy atom. The summed E-state index contributed by atoms with van der Waals surface area (Å²) in [5, 5.41) is 2.58. The van der Waals surface area contributed by atoms with Gasteiger partial charge in [0.15, 0.2) is 0 Å². The zero-order valence-corrected chi connectivity index (χ0v) is 11.9. The van der Waals surface area contributed by atoms with Crippen LogP contribution in [0.4, 0.5) is 4.79 Å². The Morgan fingerprint density at radius 1 is 1.18 bits per heavy atom. The maximum atomic E-state index is 11.7. The molecule has 0 rings (SSSR count). The lowest BCUT2D eigenvalue weighted by molar-refractivity contribution is -0.129. The summed E-state index contributed by atoms with van der Waals surface area (Å²) < 4.78 is 5.21. The molecule has 2 amide bonds. The first kappa shape index (κ1) is 15.7. The van der Waals surface area contributed by atoms with Crippen molar-refractivity contribution in [3.63, 3.8) is 0 Å². The number of rotatable bonds is 3. The van der Waals surface area contributed by atoms with Gasteiger partial charge in [0.1, 0.15) is 5.60 Å². The lowest BCUT2D eigenvalue weighted by Gasteiger charge is -2.30. The summed E-state index contributed by atoms with van der Waals surface area (Å²) in [5.74, 6) is -0.104. The molecule has 0 unspecified atom stereocenters. The van der Waals surface area contributed by atoms with E-state index in [0.717, 1.165) is 0 Å². The maximum absolute atomic E-state index is 11.7. The molecule has 0 heterocycles. The minimum atomic E-state index is -0.638. The first-order valence-corrected chi connectivity index (χ1v) is 5.66. The topological polar surface area (TPSA) is 58.6 Å². The Labute approximate surface area is 103 Å². The zero-order valence-electron chi connectivity index (χ0n) is 11.9. The fraction of sp³-hybridized carbons (Fsp3) is 0.833. The van der Waals surface area contributed by atoms with E-state index in [-0.39, 0.29) is 5.91 Å². The highest BCUT2D eigenvalue weighted by molar-refractivity contribution is 5.82. The molecular formula is C12H24N2O3. The summed E-state index contributed by atoms with van der Waals surface area (Å²) in [7, 11) is 3.20. The van der Waals surface area contributed by atoms with Gasteiger partial charge in [0.05, 0.1) is 5.41 Å². The summed E-state index contributed by atoms with van der Waals surface area (Å²) in [6.07, 6.45) is -0.422. The van der Waals surface area contributed by atoms with Crippen LogP contribution >= 0.6 is 0 Å². The molecule has 0 saturated carbocycles. The number of nitrogens with one attached hydrogen (secondary N) is 1. The lowest BCUT2D eigenvalue weighted by atomic mass is 9.92. The van der Waals surface area contributed by atoms with E-state index in [1.165, 1.54) is 4.90 Å². The van der Waals surface area contributed by atoms with Gasteiger partial charge in [-0.3, -0.25) is 4.79 Å². The van der Waals surface area contributed by atoms with Gasteiger partial charge in [0.2, 0.25) is 5.91 Å². The molecule has 0 aromatic carbocycles. The molecule has 0 spiro atoms. The zero-order chi connectivity index (χ0) is 13.9. The van der Waals surface area contributed by atoms with Gasteiger partial charge in [-0.2, -0.15) is 0 Å². The van der Waals surface area contributed by atoms with E-state index in [0.29, 0.717) is 6.54 Å². The van der Waals surface area contributed by atoms with Crippen LogP contribution in [0, 0.1) is 5.41 Å². The molecule has 0 aromatic rings. The fourth-order valence-corrected chi connectivity index (χ4v) is 1.41. The van der Waals surface area contributed by atoms with Crippen LogP contribution in [-0.2, 0) is 9.53 Å². The molecule has 17 heavy (non-hydrogen) atoms.